The second-order valence-corrected chi connectivity index (χ2v) is 3.89. The Hall–Kier alpha value is -2.18. The Balaban J connectivity index is 2.43. The van der Waals surface area contributed by atoms with E-state index in [9.17, 15) is 0 Å². The van der Waals surface area contributed by atoms with Gasteiger partial charge in [-0.1, -0.05) is 0 Å². The molecule has 0 aliphatic rings. The first kappa shape index (κ1) is 12.3. The van der Waals surface area contributed by atoms with E-state index in [2.05, 4.69) is 20.1 Å². The zero-order valence-corrected chi connectivity index (χ0v) is 10.8. The fraction of sp³-hybridized carbons (Fsp3) is 0.455. The molecule has 0 bridgehead atoms. The SMILES string of the molecule is CCN(CC)c1nc(N)nc(-c2cnn(C)c2)n1. The van der Waals surface area contributed by atoms with Crippen LogP contribution in [-0.2, 0) is 7.05 Å². The number of nitrogens with two attached hydrogens (primary N) is 1. The summed E-state index contributed by atoms with van der Waals surface area (Å²) in [5, 5.41) is 4.10. The molecule has 0 atom stereocenters. The molecule has 96 valence electrons. The number of rotatable bonds is 4. The van der Waals surface area contributed by atoms with Crippen molar-refractivity contribution in [2.75, 3.05) is 23.7 Å². The summed E-state index contributed by atoms with van der Waals surface area (Å²) in [6.45, 7) is 5.75. The molecular weight excluding hydrogens is 230 g/mol. The van der Waals surface area contributed by atoms with Crippen LogP contribution in [0.3, 0.4) is 0 Å². The minimum atomic E-state index is 0.228. The van der Waals surface area contributed by atoms with Gasteiger partial charge in [-0.3, -0.25) is 4.68 Å². The predicted octanol–water partition coefficient (Wildman–Crippen LogP) is 0.700. The summed E-state index contributed by atoms with van der Waals surface area (Å²) < 4.78 is 1.70. The van der Waals surface area contributed by atoms with Crippen LogP contribution in [0.1, 0.15) is 13.8 Å². The molecule has 0 radical (unpaired) electrons. The second kappa shape index (κ2) is 4.99. The maximum atomic E-state index is 5.73. The third-order valence-electron chi connectivity index (χ3n) is 2.65. The molecule has 0 unspecified atom stereocenters. The number of nitrogens with zero attached hydrogens (tertiary/aromatic N) is 6. The lowest BCUT2D eigenvalue weighted by molar-refractivity contribution is 0.767. The highest BCUT2D eigenvalue weighted by molar-refractivity contribution is 5.55. The van der Waals surface area contributed by atoms with Gasteiger partial charge in [-0.05, 0) is 13.8 Å². The van der Waals surface area contributed by atoms with Crippen molar-refractivity contribution in [2.45, 2.75) is 13.8 Å². The first-order valence-corrected chi connectivity index (χ1v) is 5.89. The third kappa shape index (κ3) is 2.39. The van der Waals surface area contributed by atoms with Gasteiger partial charge < -0.3 is 10.6 Å². The summed E-state index contributed by atoms with van der Waals surface area (Å²) >= 11 is 0. The zero-order valence-electron chi connectivity index (χ0n) is 10.8. The summed E-state index contributed by atoms with van der Waals surface area (Å²) in [5.41, 5.74) is 6.57. The van der Waals surface area contributed by atoms with Crippen LogP contribution in [-0.4, -0.2) is 37.8 Å². The first-order valence-electron chi connectivity index (χ1n) is 5.89. The van der Waals surface area contributed by atoms with Crippen LogP contribution in [0.4, 0.5) is 11.9 Å². The molecule has 18 heavy (non-hydrogen) atoms. The Labute approximate surface area is 106 Å². The standard InChI is InChI=1S/C11H17N7/c1-4-18(5-2)11-15-9(14-10(12)16-11)8-6-13-17(3)7-8/h6-7H,4-5H2,1-3H3,(H2,12,14,15,16). The number of nitrogen functional groups attached to an aromatic ring is 1. The molecule has 0 aliphatic carbocycles. The third-order valence-corrected chi connectivity index (χ3v) is 2.65. The molecule has 7 heteroatoms. The van der Waals surface area contributed by atoms with Crippen molar-refractivity contribution in [1.29, 1.82) is 0 Å². The van der Waals surface area contributed by atoms with Crippen LogP contribution in [0.5, 0.6) is 0 Å². The predicted molar refractivity (Wildman–Crippen MR) is 70.0 cm³/mol. The summed E-state index contributed by atoms with van der Waals surface area (Å²) in [6, 6.07) is 0. The van der Waals surface area contributed by atoms with E-state index in [1.54, 1.807) is 10.9 Å². The lowest BCUT2D eigenvalue weighted by Crippen LogP contribution is -2.25. The highest BCUT2D eigenvalue weighted by Gasteiger charge is 2.11. The molecule has 2 rings (SSSR count). The van der Waals surface area contributed by atoms with Gasteiger partial charge in [0.05, 0.1) is 11.8 Å². The van der Waals surface area contributed by atoms with Gasteiger partial charge in [0.2, 0.25) is 11.9 Å². The van der Waals surface area contributed by atoms with E-state index in [4.69, 9.17) is 5.73 Å². The number of hydrogen-bond donors (Lipinski definition) is 1. The van der Waals surface area contributed by atoms with Crippen molar-refractivity contribution < 1.29 is 0 Å². The number of aromatic nitrogens is 5. The van der Waals surface area contributed by atoms with E-state index < -0.39 is 0 Å². The van der Waals surface area contributed by atoms with Crippen molar-refractivity contribution in [3.8, 4) is 11.4 Å². The molecule has 2 heterocycles. The van der Waals surface area contributed by atoms with Gasteiger partial charge in [0.25, 0.3) is 0 Å². The van der Waals surface area contributed by atoms with Crippen LogP contribution in [0.25, 0.3) is 11.4 Å². The minimum Gasteiger partial charge on any atom is -0.368 e. The fourth-order valence-electron chi connectivity index (χ4n) is 1.69. The summed E-state index contributed by atoms with van der Waals surface area (Å²) in [5.74, 6) is 1.38. The van der Waals surface area contributed by atoms with Gasteiger partial charge in [0.1, 0.15) is 0 Å². The molecular formula is C11H17N7. The quantitative estimate of drug-likeness (QED) is 0.856. The molecule has 0 spiro atoms. The second-order valence-electron chi connectivity index (χ2n) is 3.89. The number of aryl methyl sites for hydroxylation is 1. The summed E-state index contributed by atoms with van der Waals surface area (Å²) in [4.78, 5) is 14.8. The Kier molecular flexibility index (Phi) is 3.40. The maximum Gasteiger partial charge on any atom is 0.230 e. The number of anilines is 2. The Morgan fingerprint density at radius 1 is 1.22 bits per heavy atom. The Bertz CT molecular complexity index is 530. The average Bonchev–Trinajstić information content (AvgIpc) is 2.77. The van der Waals surface area contributed by atoms with E-state index >= 15 is 0 Å². The van der Waals surface area contributed by atoms with Gasteiger partial charge in [0, 0.05) is 26.3 Å². The van der Waals surface area contributed by atoms with Gasteiger partial charge in [-0.25, -0.2) is 0 Å². The lowest BCUT2D eigenvalue weighted by atomic mass is 10.3. The zero-order chi connectivity index (χ0) is 13.1. The Morgan fingerprint density at radius 2 is 1.94 bits per heavy atom. The van der Waals surface area contributed by atoms with Crippen molar-refractivity contribution in [2.24, 2.45) is 7.05 Å². The van der Waals surface area contributed by atoms with Crippen molar-refractivity contribution in [3.63, 3.8) is 0 Å². The normalized spacial score (nSPS) is 10.6. The van der Waals surface area contributed by atoms with Crippen molar-refractivity contribution >= 4 is 11.9 Å². The smallest absolute Gasteiger partial charge is 0.230 e. The van der Waals surface area contributed by atoms with Crippen LogP contribution in [0.15, 0.2) is 12.4 Å². The van der Waals surface area contributed by atoms with E-state index in [1.807, 2.05) is 32.0 Å². The first-order chi connectivity index (χ1) is 8.63. The lowest BCUT2D eigenvalue weighted by Gasteiger charge is -2.18. The Morgan fingerprint density at radius 3 is 2.50 bits per heavy atom. The van der Waals surface area contributed by atoms with Crippen molar-refractivity contribution in [1.82, 2.24) is 24.7 Å². The molecule has 0 fully saturated rings. The molecule has 0 aliphatic heterocycles. The van der Waals surface area contributed by atoms with Crippen molar-refractivity contribution in [3.05, 3.63) is 12.4 Å². The molecule has 7 nitrogen and oxygen atoms in total. The number of hydrogen-bond acceptors (Lipinski definition) is 6. The fourth-order valence-corrected chi connectivity index (χ4v) is 1.69. The molecule has 0 saturated carbocycles. The van der Waals surface area contributed by atoms with Gasteiger partial charge in [0.15, 0.2) is 5.82 Å². The van der Waals surface area contributed by atoms with E-state index in [0.29, 0.717) is 11.8 Å². The molecule has 0 aromatic carbocycles. The monoisotopic (exact) mass is 247 g/mol. The molecule has 0 saturated heterocycles. The van der Waals surface area contributed by atoms with E-state index in [0.717, 1.165) is 18.7 Å². The van der Waals surface area contributed by atoms with Gasteiger partial charge in [-0.15, -0.1) is 0 Å². The molecule has 0 amide bonds. The maximum absolute atomic E-state index is 5.73. The van der Waals surface area contributed by atoms with E-state index in [1.165, 1.54) is 0 Å². The largest absolute Gasteiger partial charge is 0.368 e. The summed E-state index contributed by atoms with van der Waals surface area (Å²) in [6.07, 6.45) is 3.56. The highest BCUT2D eigenvalue weighted by Crippen LogP contribution is 2.17. The molecule has 2 aromatic rings. The minimum absolute atomic E-state index is 0.228. The van der Waals surface area contributed by atoms with E-state index in [-0.39, 0.29) is 5.95 Å². The highest BCUT2D eigenvalue weighted by atomic mass is 15.3. The van der Waals surface area contributed by atoms with Crippen LogP contribution in [0.2, 0.25) is 0 Å². The molecule has 2 aromatic heterocycles. The van der Waals surface area contributed by atoms with Gasteiger partial charge >= 0.3 is 0 Å². The van der Waals surface area contributed by atoms with Crippen LogP contribution in [0, 0.1) is 0 Å². The van der Waals surface area contributed by atoms with Crippen LogP contribution >= 0.6 is 0 Å². The average molecular weight is 247 g/mol. The van der Waals surface area contributed by atoms with Gasteiger partial charge in [-0.2, -0.15) is 20.1 Å². The summed E-state index contributed by atoms with van der Waals surface area (Å²) in [7, 11) is 1.85. The topological polar surface area (TPSA) is 85.8 Å². The van der Waals surface area contributed by atoms with Crippen LogP contribution < -0.4 is 10.6 Å². The molecule has 2 N–H and O–H groups in total.